The van der Waals surface area contributed by atoms with Crippen molar-refractivity contribution in [1.29, 1.82) is 0 Å². The molecule has 0 aromatic heterocycles. The highest BCUT2D eigenvalue weighted by molar-refractivity contribution is 6.44. The maximum absolute atomic E-state index is 13.1. The van der Waals surface area contributed by atoms with Crippen LogP contribution in [0.25, 0.3) is 10.8 Å². The third-order valence-electron chi connectivity index (χ3n) is 5.13. The van der Waals surface area contributed by atoms with Crippen LogP contribution in [0.3, 0.4) is 0 Å². The average molecular weight is 442 g/mol. The van der Waals surface area contributed by atoms with E-state index in [1.54, 1.807) is 31.2 Å². The Morgan fingerprint density at radius 2 is 1.77 bits per heavy atom. The normalized spacial score (nSPS) is 18.6. The molecule has 1 atom stereocenters. The first-order valence-corrected chi connectivity index (χ1v) is 9.92. The molecule has 0 aliphatic carbocycles. The monoisotopic (exact) mass is 441 g/mol. The molecule has 0 saturated carbocycles. The number of carbonyl (C=O) groups excluding carboxylic acids is 3. The smallest absolute Gasteiger partial charge is 0.323 e. The number of nitrogens with one attached hydrogen (secondary N) is 2. The number of anilines is 1. The fraction of sp³-hybridized carbons (Fsp3) is 0.136. The first kappa shape index (κ1) is 20.2. The number of fused-ring (bicyclic) bond motifs is 1. The van der Waals surface area contributed by atoms with Gasteiger partial charge in [0.25, 0.3) is 5.91 Å². The quantitative estimate of drug-likeness (QED) is 0.582. The highest BCUT2D eigenvalue weighted by Crippen LogP contribution is 2.32. The van der Waals surface area contributed by atoms with Gasteiger partial charge in [-0.3, -0.25) is 14.5 Å². The molecule has 1 aliphatic rings. The lowest BCUT2D eigenvalue weighted by Gasteiger charge is -2.22. The van der Waals surface area contributed by atoms with Gasteiger partial charge in [0.2, 0.25) is 5.91 Å². The standard InChI is InChI=1S/C22H17Cl2N3O3/c1-22(15-10-9-13-5-2-3-6-14(13)11-15)20(29)27(21(30)26-22)12-18(28)25-17-8-4-7-16(23)19(17)24/h2-11H,12H2,1H3,(H,25,28)(H,26,30). The molecular weight excluding hydrogens is 425 g/mol. The second kappa shape index (κ2) is 7.63. The summed E-state index contributed by atoms with van der Waals surface area (Å²) in [5.74, 6) is -1.07. The van der Waals surface area contributed by atoms with Crippen LogP contribution < -0.4 is 10.6 Å². The molecule has 1 heterocycles. The van der Waals surface area contributed by atoms with E-state index in [1.807, 2.05) is 36.4 Å². The molecule has 3 aromatic carbocycles. The molecule has 1 aliphatic heterocycles. The number of hydrogen-bond acceptors (Lipinski definition) is 3. The van der Waals surface area contributed by atoms with Crippen molar-refractivity contribution in [2.45, 2.75) is 12.5 Å². The summed E-state index contributed by atoms with van der Waals surface area (Å²) >= 11 is 12.0. The van der Waals surface area contributed by atoms with Crippen molar-refractivity contribution in [3.63, 3.8) is 0 Å². The van der Waals surface area contributed by atoms with Gasteiger partial charge in [0.05, 0.1) is 15.7 Å². The summed E-state index contributed by atoms with van der Waals surface area (Å²) in [6.07, 6.45) is 0. The molecule has 0 spiro atoms. The second-order valence-electron chi connectivity index (χ2n) is 7.16. The molecule has 1 saturated heterocycles. The van der Waals surface area contributed by atoms with Crippen LogP contribution in [0.15, 0.2) is 60.7 Å². The van der Waals surface area contributed by atoms with E-state index in [9.17, 15) is 14.4 Å². The van der Waals surface area contributed by atoms with Gasteiger partial charge in [0.1, 0.15) is 12.1 Å². The van der Waals surface area contributed by atoms with Crippen LogP contribution in [0, 0.1) is 0 Å². The van der Waals surface area contributed by atoms with Gasteiger partial charge in [0.15, 0.2) is 0 Å². The summed E-state index contributed by atoms with van der Waals surface area (Å²) in [6, 6.07) is 17.5. The zero-order valence-electron chi connectivity index (χ0n) is 15.9. The predicted octanol–water partition coefficient (Wildman–Crippen LogP) is 4.55. The fourth-order valence-corrected chi connectivity index (χ4v) is 3.82. The summed E-state index contributed by atoms with van der Waals surface area (Å²) < 4.78 is 0. The number of nitrogens with zero attached hydrogens (tertiary/aromatic N) is 1. The first-order chi connectivity index (χ1) is 14.3. The lowest BCUT2D eigenvalue weighted by molar-refractivity contribution is -0.133. The van der Waals surface area contributed by atoms with Crippen LogP contribution in [0.5, 0.6) is 0 Å². The zero-order valence-corrected chi connectivity index (χ0v) is 17.4. The largest absolute Gasteiger partial charge is 0.325 e. The number of hydrogen-bond donors (Lipinski definition) is 2. The molecule has 1 unspecified atom stereocenters. The van der Waals surface area contributed by atoms with E-state index >= 15 is 0 Å². The Morgan fingerprint density at radius 3 is 2.53 bits per heavy atom. The number of imide groups is 1. The van der Waals surface area contributed by atoms with Crippen molar-refractivity contribution < 1.29 is 14.4 Å². The molecule has 30 heavy (non-hydrogen) atoms. The van der Waals surface area contributed by atoms with Gasteiger partial charge in [-0.05, 0) is 41.5 Å². The molecule has 2 N–H and O–H groups in total. The van der Waals surface area contributed by atoms with E-state index in [2.05, 4.69) is 10.6 Å². The van der Waals surface area contributed by atoms with Gasteiger partial charge >= 0.3 is 6.03 Å². The number of urea groups is 1. The van der Waals surface area contributed by atoms with Crippen LogP contribution in [0.1, 0.15) is 12.5 Å². The second-order valence-corrected chi connectivity index (χ2v) is 7.94. The summed E-state index contributed by atoms with van der Waals surface area (Å²) in [5.41, 5.74) is -0.325. The Labute approximate surface area is 182 Å². The number of halogens is 2. The first-order valence-electron chi connectivity index (χ1n) is 9.17. The van der Waals surface area contributed by atoms with E-state index in [1.165, 1.54) is 0 Å². The minimum absolute atomic E-state index is 0.186. The van der Waals surface area contributed by atoms with Crippen LogP contribution in [0.2, 0.25) is 10.0 Å². The van der Waals surface area contributed by atoms with Gasteiger partial charge < -0.3 is 10.6 Å². The van der Waals surface area contributed by atoms with E-state index in [0.717, 1.165) is 15.7 Å². The number of rotatable bonds is 4. The van der Waals surface area contributed by atoms with Gasteiger partial charge in [-0.1, -0.05) is 65.7 Å². The zero-order chi connectivity index (χ0) is 21.5. The Bertz CT molecular complexity index is 1200. The summed E-state index contributed by atoms with van der Waals surface area (Å²) in [5, 5.41) is 7.74. The molecule has 152 valence electrons. The summed E-state index contributed by atoms with van der Waals surface area (Å²) in [6.45, 7) is 1.18. The molecule has 3 aromatic rings. The van der Waals surface area contributed by atoms with E-state index < -0.39 is 29.9 Å². The maximum Gasteiger partial charge on any atom is 0.325 e. The Kier molecular flexibility index (Phi) is 5.13. The van der Waals surface area contributed by atoms with Crippen molar-refractivity contribution in [3.05, 3.63) is 76.3 Å². The molecular formula is C22H17Cl2N3O3. The molecule has 4 amide bonds. The number of amides is 4. The lowest BCUT2D eigenvalue weighted by Crippen LogP contribution is -2.42. The SMILES string of the molecule is CC1(c2ccc3ccccc3c2)NC(=O)N(CC(=O)Nc2cccc(Cl)c2Cl)C1=O. The highest BCUT2D eigenvalue weighted by Gasteiger charge is 2.49. The van der Waals surface area contributed by atoms with Crippen molar-refractivity contribution in [3.8, 4) is 0 Å². The van der Waals surface area contributed by atoms with E-state index in [4.69, 9.17) is 23.2 Å². The summed E-state index contributed by atoms with van der Waals surface area (Å²) in [4.78, 5) is 39.0. The fourth-order valence-electron chi connectivity index (χ4n) is 3.47. The minimum Gasteiger partial charge on any atom is -0.323 e. The van der Waals surface area contributed by atoms with Crippen LogP contribution in [-0.2, 0) is 15.1 Å². The average Bonchev–Trinajstić information content (AvgIpc) is 2.95. The van der Waals surface area contributed by atoms with Gasteiger partial charge in [-0.2, -0.15) is 0 Å². The summed E-state index contributed by atoms with van der Waals surface area (Å²) in [7, 11) is 0. The molecule has 4 rings (SSSR count). The predicted molar refractivity (Wildman–Crippen MR) is 117 cm³/mol. The minimum atomic E-state index is -1.27. The van der Waals surface area contributed by atoms with Crippen LogP contribution in [0.4, 0.5) is 10.5 Å². The van der Waals surface area contributed by atoms with Gasteiger partial charge in [-0.15, -0.1) is 0 Å². The topological polar surface area (TPSA) is 78.5 Å². The number of carbonyl (C=O) groups is 3. The number of benzene rings is 3. The van der Waals surface area contributed by atoms with Crippen molar-refractivity contribution in [2.75, 3.05) is 11.9 Å². The third kappa shape index (κ3) is 3.49. The molecule has 6 nitrogen and oxygen atoms in total. The van der Waals surface area contributed by atoms with Crippen molar-refractivity contribution in [1.82, 2.24) is 10.2 Å². The molecule has 0 bridgehead atoms. The van der Waals surface area contributed by atoms with Gasteiger partial charge in [0, 0.05) is 0 Å². The third-order valence-corrected chi connectivity index (χ3v) is 5.95. The molecule has 8 heteroatoms. The highest BCUT2D eigenvalue weighted by atomic mass is 35.5. The molecule has 0 radical (unpaired) electrons. The van der Waals surface area contributed by atoms with E-state index in [-0.39, 0.29) is 10.0 Å². The lowest BCUT2D eigenvalue weighted by atomic mass is 9.90. The Balaban J connectivity index is 1.55. The van der Waals surface area contributed by atoms with Crippen LogP contribution >= 0.6 is 23.2 Å². The molecule has 1 fully saturated rings. The Morgan fingerprint density at radius 1 is 1.03 bits per heavy atom. The Hall–Kier alpha value is -3.09. The van der Waals surface area contributed by atoms with Crippen LogP contribution in [-0.4, -0.2) is 29.3 Å². The van der Waals surface area contributed by atoms with Crippen molar-refractivity contribution >= 4 is 57.5 Å². The van der Waals surface area contributed by atoms with Crippen molar-refractivity contribution in [2.24, 2.45) is 0 Å². The van der Waals surface area contributed by atoms with E-state index in [0.29, 0.717) is 11.3 Å². The maximum atomic E-state index is 13.1. The van der Waals surface area contributed by atoms with Gasteiger partial charge in [-0.25, -0.2) is 4.79 Å².